The average molecular weight is 517 g/mol. The number of aromatic hydroxyl groups is 1. The number of aromatic nitrogens is 2. The van der Waals surface area contributed by atoms with Gasteiger partial charge < -0.3 is 25.1 Å². The number of carbonyl (C=O) groups excluding carboxylic acids is 1. The lowest BCUT2D eigenvalue weighted by Crippen LogP contribution is -2.42. The molecule has 1 saturated heterocycles. The third-order valence-corrected chi connectivity index (χ3v) is 8.22. The quantitative estimate of drug-likeness (QED) is 0.544. The second-order valence-electron chi connectivity index (χ2n) is 10.4. The van der Waals surface area contributed by atoms with Crippen LogP contribution in [0.3, 0.4) is 0 Å². The molecule has 1 aromatic heterocycles. The molecular formula is C27H41ClN6O2. The van der Waals surface area contributed by atoms with E-state index in [4.69, 9.17) is 11.6 Å². The zero-order valence-corrected chi connectivity index (χ0v) is 23.1. The second kappa shape index (κ2) is 11.3. The molecule has 1 aromatic carbocycles. The van der Waals surface area contributed by atoms with Crippen LogP contribution in [0.4, 0.5) is 11.5 Å². The Morgan fingerprint density at radius 2 is 1.81 bits per heavy atom. The van der Waals surface area contributed by atoms with E-state index in [0.29, 0.717) is 28.2 Å². The van der Waals surface area contributed by atoms with Crippen molar-refractivity contribution in [3.63, 3.8) is 0 Å². The first kappa shape index (κ1) is 26.6. The van der Waals surface area contributed by atoms with Gasteiger partial charge in [0.2, 0.25) is 5.88 Å². The average Bonchev–Trinajstić information content (AvgIpc) is 3.47. The molecule has 1 saturated carbocycles. The SMILES string of the molecule is CCN(c1cc(Cl)cc(C(=O)NCc2c(O)nn(C)c2N2CCCC2)c1C)[C@H]1CC[C@H](N(C)C)CC1. The van der Waals surface area contributed by atoms with Crippen LogP contribution in [0.15, 0.2) is 12.1 Å². The predicted octanol–water partition coefficient (Wildman–Crippen LogP) is 4.32. The van der Waals surface area contributed by atoms with Crippen molar-refractivity contribution in [1.82, 2.24) is 20.0 Å². The number of rotatable bonds is 8. The summed E-state index contributed by atoms with van der Waals surface area (Å²) in [6, 6.07) is 4.82. The molecule has 1 amide bonds. The summed E-state index contributed by atoms with van der Waals surface area (Å²) in [5.41, 5.74) is 3.19. The summed E-state index contributed by atoms with van der Waals surface area (Å²) in [5, 5.41) is 18.2. The Labute approximate surface area is 220 Å². The number of halogens is 1. The molecule has 0 atom stereocenters. The highest BCUT2D eigenvalue weighted by molar-refractivity contribution is 6.31. The highest BCUT2D eigenvalue weighted by Crippen LogP contribution is 2.35. The van der Waals surface area contributed by atoms with Crippen LogP contribution in [0.2, 0.25) is 5.02 Å². The van der Waals surface area contributed by atoms with E-state index in [0.717, 1.165) is 62.4 Å². The number of benzene rings is 1. The molecule has 198 valence electrons. The standard InChI is InChI=1S/C27H41ClN6O2/c1-6-34(21-11-9-20(10-12-21)31(3)4)24-16-19(28)15-22(18(24)2)25(35)29-17-23-26(36)30-32(5)27(23)33-13-7-8-14-33/h15-16,20-21H,6-14,17H2,1-5H3,(H,29,35)(H,30,36)/t20-,21-. The minimum Gasteiger partial charge on any atom is -0.492 e. The van der Waals surface area contributed by atoms with Gasteiger partial charge in [0, 0.05) is 55.0 Å². The summed E-state index contributed by atoms with van der Waals surface area (Å²) in [5.74, 6) is 0.646. The van der Waals surface area contributed by atoms with E-state index in [-0.39, 0.29) is 18.3 Å². The maximum atomic E-state index is 13.4. The Balaban J connectivity index is 1.53. The van der Waals surface area contributed by atoms with Gasteiger partial charge in [-0.25, -0.2) is 4.68 Å². The van der Waals surface area contributed by atoms with E-state index < -0.39 is 0 Å². The molecule has 0 unspecified atom stereocenters. The third kappa shape index (κ3) is 5.44. The number of hydrogen-bond acceptors (Lipinski definition) is 6. The Morgan fingerprint density at radius 3 is 2.42 bits per heavy atom. The molecule has 4 rings (SSSR count). The maximum absolute atomic E-state index is 13.4. The van der Waals surface area contributed by atoms with Gasteiger partial charge in [-0.15, -0.1) is 5.10 Å². The van der Waals surface area contributed by atoms with E-state index in [2.05, 4.69) is 46.1 Å². The fraction of sp³-hybridized carbons (Fsp3) is 0.630. The van der Waals surface area contributed by atoms with E-state index in [1.165, 1.54) is 12.8 Å². The van der Waals surface area contributed by atoms with Gasteiger partial charge in [0.25, 0.3) is 5.91 Å². The number of nitrogens with zero attached hydrogens (tertiary/aromatic N) is 5. The molecule has 1 aliphatic carbocycles. The van der Waals surface area contributed by atoms with Crippen molar-refractivity contribution >= 4 is 29.0 Å². The topological polar surface area (TPSA) is 76.9 Å². The molecule has 0 spiro atoms. The number of hydrogen-bond donors (Lipinski definition) is 2. The third-order valence-electron chi connectivity index (χ3n) is 8.00. The molecule has 2 aromatic rings. The molecule has 1 aliphatic heterocycles. The van der Waals surface area contributed by atoms with Crippen molar-refractivity contribution in [2.75, 3.05) is 43.5 Å². The molecular weight excluding hydrogens is 476 g/mol. The monoisotopic (exact) mass is 516 g/mol. The molecule has 2 heterocycles. The van der Waals surface area contributed by atoms with Crippen molar-refractivity contribution in [3.8, 4) is 5.88 Å². The van der Waals surface area contributed by atoms with Gasteiger partial charge in [-0.1, -0.05) is 11.6 Å². The Bertz CT molecular complexity index is 1070. The van der Waals surface area contributed by atoms with Crippen LogP contribution in [-0.2, 0) is 13.6 Å². The molecule has 2 fully saturated rings. The van der Waals surface area contributed by atoms with Gasteiger partial charge in [0.05, 0.1) is 12.1 Å². The summed E-state index contributed by atoms with van der Waals surface area (Å²) in [6.45, 7) is 7.11. The van der Waals surface area contributed by atoms with Gasteiger partial charge in [0.15, 0.2) is 0 Å². The predicted molar refractivity (Wildman–Crippen MR) is 146 cm³/mol. The first-order chi connectivity index (χ1) is 17.2. The zero-order valence-electron chi connectivity index (χ0n) is 22.3. The molecule has 36 heavy (non-hydrogen) atoms. The van der Waals surface area contributed by atoms with Gasteiger partial charge >= 0.3 is 0 Å². The number of amides is 1. The Morgan fingerprint density at radius 1 is 1.17 bits per heavy atom. The lowest BCUT2D eigenvalue weighted by Gasteiger charge is -2.40. The first-order valence-electron chi connectivity index (χ1n) is 13.2. The van der Waals surface area contributed by atoms with E-state index in [1.807, 2.05) is 20.0 Å². The summed E-state index contributed by atoms with van der Waals surface area (Å²) >= 11 is 6.55. The highest BCUT2D eigenvalue weighted by atomic mass is 35.5. The highest BCUT2D eigenvalue weighted by Gasteiger charge is 2.29. The van der Waals surface area contributed by atoms with Crippen LogP contribution in [0.25, 0.3) is 0 Å². The number of aryl methyl sites for hydroxylation is 1. The molecule has 2 N–H and O–H groups in total. The summed E-state index contributed by atoms with van der Waals surface area (Å²) < 4.78 is 1.70. The molecule has 2 aliphatic rings. The van der Waals surface area contributed by atoms with Crippen molar-refractivity contribution in [2.24, 2.45) is 7.05 Å². The number of carbonyl (C=O) groups is 1. The molecule has 0 radical (unpaired) electrons. The van der Waals surface area contributed by atoms with Gasteiger partial charge in [-0.05, 0) is 84.2 Å². The van der Waals surface area contributed by atoms with Crippen LogP contribution in [0, 0.1) is 6.92 Å². The lowest BCUT2D eigenvalue weighted by molar-refractivity contribution is 0.0950. The number of nitrogens with one attached hydrogen (secondary N) is 1. The van der Waals surface area contributed by atoms with Crippen molar-refractivity contribution in [2.45, 2.75) is 71.0 Å². The lowest BCUT2D eigenvalue weighted by atomic mass is 9.89. The van der Waals surface area contributed by atoms with Gasteiger partial charge in [-0.3, -0.25) is 4.79 Å². The van der Waals surface area contributed by atoms with Gasteiger partial charge in [0.1, 0.15) is 5.82 Å². The van der Waals surface area contributed by atoms with Crippen LogP contribution in [0.1, 0.15) is 66.9 Å². The van der Waals surface area contributed by atoms with Crippen molar-refractivity contribution < 1.29 is 9.90 Å². The second-order valence-corrected chi connectivity index (χ2v) is 10.9. The largest absolute Gasteiger partial charge is 0.492 e. The summed E-state index contributed by atoms with van der Waals surface area (Å²) in [6.07, 6.45) is 6.84. The maximum Gasteiger partial charge on any atom is 0.251 e. The number of anilines is 2. The van der Waals surface area contributed by atoms with E-state index >= 15 is 0 Å². The van der Waals surface area contributed by atoms with Crippen molar-refractivity contribution in [1.29, 1.82) is 0 Å². The molecule has 8 nitrogen and oxygen atoms in total. The molecule has 0 bridgehead atoms. The Hall–Kier alpha value is -2.45. The zero-order chi connectivity index (χ0) is 26.0. The fourth-order valence-corrected chi connectivity index (χ4v) is 6.21. The van der Waals surface area contributed by atoms with Crippen LogP contribution in [-0.4, -0.2) is 71.5 Å². The first-order valence-corrected chi connectivity index (χ1v) is 13.6. The van der Waals surface area contributed by atoms with Crippen LogP contribution in [0.5, 0.6) is 5.88 Å². The summed E-state index contributed by atoms with van der Waals surface area (Å²) in [7, 11) is 6.15. The molecule has 9 heteroatoms. The fourth-order valence-electron chi connectivity index (χ4n) is 6.00. The van der Waals surface area contributed by atoms with Crippen LogP contribution >= 0.6 is 11.6 Å². The van der Waals surface area contributed by atoms with E-state index in [9.17, 15) is 9.90 Å². The Kier molecular flexibility index (Phi) is 8.35. The van der Waals surface area contributed by atoms with Crippen LogP contribution < -0.4 is 15.1 Å². The summed E-state index contributed by atoms with van der Waals surface area (Å²) in [4.78, 5) is 20.4. The van der Waals surface area contributed by atoms with Gasteiger partial charge in [-0.2, -0.15) is 0 Å². The smallest absolute Gasteiger partial charge is 0.251 e. The minimum atomic E-state index is -0.195. The normalized spacial score (nSPS) is 20.2. The van der Waals surface area contributed by atoms with Crippen molar-refractivity contribution in [3.05, 3.63) is 33.8 Å². The van der Waals surface area contributed by atoms with E-state index in [1.54, 1.807) is 10.7 Å². The minimum absolute atomic E-state index is 0.0336.